The van der Waals surface area contributed by atoms with E-state index in [1.165, 1.54) is 11.1 Å². The maximum absolute atomic E-state index is 11.8. The number of nitrogens with zero attached hydrogens (tertiary/aromatic N) is 5. The van der Waals surface area contributed by atoms with Crippen molar-refractivity contribution < 1.29 is 4.79 Å². The number of hydrogen-bond acceptors (Lipinski definition) is 4. The van der Waals surface area contributed by atoms with E-state index in [0.717, 1.165) is 30.0 Å². The van der Waals surface area contributed by atoms with Crippen LogP contribution in [0.1, 0.15) is 11.7 Å². The van der Waals surface area contributed by atoms with Gasteiger partial charge in [-0.3, -0.25) is 14.6 Å². The number of pyridine rings is 1. The molecular weight excluding hydrogens is 328 g/mol. The molecule has 0 saturated carbocycles. The second-order valence-electron chi connectivity index (χ2n) is 6.92. The highest BCUT2D eigenvalue weighted by Crippen LogP contribution is 2.33. The van der Waals surface area contributed by atoms with E-state index in [1.807, 2.05) is 23.9 Å². The van der Waals surface area contributed by atoms with Gasteiger partial charge in [-0.25, -0.2) is 4.79 Å². The number of benzene rings is 1. The lowest BCUT2D eigenvalue weighted by atomic mass is 10.0. The molecule has 3 aromatic rings. The molecule has 2 aliphatic heterocycles. The summed E-state index contributed by atoms with van der Waals surface area (Å²) in [5.74, 6) is 0. The summed E-state index contributed by atoms with van der Waals surface area (Å²) in [5, 5.41) is 8.49. The quantitative estimate of drug-likeness (QED) is 0.789. The highest BCUT2D eigenvalue weighted by Gasteiger charge is 2.31. The SMILES string of the molecule is Cc1cc(N2CC(n3cc(N4CCNC4=O)cn3)C2)c2ccccc2n1. The van der Waals surface area contributed by atoms with Crippen molar-refractivity contribution in [1.82, 2.24) is 20.1 Å². The van der Waals surface area contributed by atoms with Crippen LogP contribution in [0.3, 0.4) is 0 Å². The molecule has 2 amide bonds. The number of rotatable bonds is 3. The second-order valence-corrected chi connectivity index (χ2v) is 6.92. The summed E-state index contributed by atoms with van der Waals surface area (Å²) in [6.07, 6.45) is 3.75. The lowest BCUT2D eigenvalue weighted by Gasteiger charge is -2.41. The van der Waals surface area contributed by atoms with Crippen molar-refractivity contribution in [2.24, 2.45) is 0 Å². The summed E-state index contributed by atoms with van der Waals surface area (Å²) in [6, 6.07) is 10.7. The third-order valence-electron chi connectivity index (χ3n) is 5.16. The van der Waals surface area contributed by atoms with Crippen molar-refractivity contribution in [2.45, 2.75) is 13.0 Å². The summed E-state index contributed by atoms with van der Waals surface area (Å²) in [6.45, 7) is 5.23. The van der Waals surface area contributed by atoms with Crippen LogP contribution in [0.4, 0.5) is 16.2 Å². The first kappa shape index (κ1) is 15.2. The molecule has 4 heterocycles. The number of para-hydroxylation sites is 1. The topological polar surface area (TPSA) is 66.3 Å². The molecule has 0 spiro atoms. The van der Waals surface area contributed by atoms with Gasteiger partial charge in [-0.1, -0.05) is 18.2 Å². The minimum Gasteiger partial charge on any atom is -0.366 e. The van der Waals surface area contributed by atoms with Crippen molar-refractivity contribution in [1.29, 1.82) is 0 Å². The zero-order valence-electron chi connectivity index (χ0n) is 14.6. The number of amides is 2. The first-order valence-corrected chi connectivity index (χ1v) is 8.90. The van der Waals surface area contributed by atoms with Gasteiger partial charge in [-0.2, -0.15) is 5.10 Å². The molecule has 5 rings (SSSR count). The Morgan fingerprint density at radius 3 is 2.88 bits per heavy atom. The number of anilines is 2. The van der Waals surface area contributed by atoms with Crippen LogP contribution in [0.2, 0.25) is 0 Å². The maximum atomic E-state index is 11.8. The molecule has 26 heavy (non-hydrogen) atoms. The number of urea groups is 1. The van der Waals surface area contributed by atoms with Gasteiger partial charge in [0.15, 0.2) is 0 Å². The van der Waals surface area contributed by atoms with Crippen LogP contribution >= 0.6 is 0 Å². The Bertz CT molecular complexity index is 991. The van der Waals surface area contributed by atoms with Gasteiger partial charge in [0.05, 0.1) is 23.4 Å². The molecular formula is C19H20N6O. The second kappa shape index (κ2) is 5.72. The Morgan fingerprint density at radius 2 is 2.08 bits per heavy atom. The number of aryl methyl sites for hydroxylation is 1. The lowest BCUT2D eigenvalue weighted by Crippen LogP contribution is -2.48. The minimum atomic E-state index is -0.0430. The molecule has 0 bridgehead atoms. The molecule has 0 aliphatic carbocycles. The third kappa shape index (κ3) is 2.39. The van der Waals surface area contributed by atoms with Crippen molar-refractivity contribution in [3.8, 4) is 0 Å². The predicted octanol–water partition coefficient (Wildman–Crippen LogP) is 2.33. The third-order valence-corrected chi connectivity index (χ3v) is 5.16. The Balaban J connectivity index is 1.35. The average molecular weight is 348 g/mol. The number of carbonyl (C=O) groups is 1. The summed E-state index contributed by atoms with van der Waals surface area (Å²) in [5.41, 5.74) is 4.16. The van der Waals surface area contributed by atoms with Gasteiger partial charge in [0.2, 0.25) is 0 Å². The Labute approximate surface area is 151 Å². The van der Waals surface area contributed by atoms with Crippen LogP contribution in [0.15, 0.2) is 42.7 Å². The summed E-state index contributed by atoms with van der Waals surface area (Å²) < 4.78 is 1.98. The van der Waals surface area contributed by atoms with Crippen LogP contribution in [0, 0.1) is 6.92 Å². The van der Waals surface area contributed by atoms with Crippen LogP contribution in [0.5, 0.6) is 0 Å². The van der Waals surface area contributed by atoms with Gasteiger partial charge in [0.1, 0.15) is 0 Å². The lowest BCUT2D eigenvalue weighted by molar-refractivity contribution is 0.252. The van der Waals surface area contributed by atoms with E-state index in [1.54, 1.807) is 11.1 Å². The van der Waals surface area contributed by atoms with Crippen molar-refractivity contribution in [3.63, 3.8) is 0 Å². The fourth-order valence-corrected chi connectivity index (χ4v) is 3.75. The standard InChI is InChI=1S/C19H20N6O/c1-13-8-18(16-4-2-3-5-17(16)22-13)23-10-15(11-23)25-12-14(9-21-25)24-7-6-20-19(24)26/h2-5,8-9,12,15H,6-7,10-11H2,1H3,(H,20,26). The van der Waals surface area contributed by atoms with Gasteiger partial charge in [-0.15, -0.1) is 0 Å². The largest absolute Gasteiger partial charge is 0.366 e. The van der Waals surface area contributed by atoms with E-state index in [2.05, 4.69) is 44.6 Å². The van der Waals surface area contributed by atoms with E-state index in [-0.39, 0.29) is 6.03 Å². The van der Waals surface area contributed by atoms with Crippen molar-refractivity contribution >= 4 is 28.3 Å². The van der Waals surface area contributed by atoms with E-state index in [0.29, 0.717) is 19.1 Å². The number of aromatic nitrogens is 3. The molecule has 0 atom stereocenters. The van der Waals surface area contributed by atoms with Gasteiger partial charge in [0, 0.05) is 49.1 Å². The molecule has 0 radical (unpaired) electrons. The molecule has 0 unspecified atom stereocenters. The molecule has 2 saturated heterocycles. The average Bonchev–Trinajstić information content (AvgIpc) is 3.22. The highest BCUT2D eigenvalue weighted by atomic mass is 16.2. The zero-order valence-corrected chi connectivity index (χ0v) is 14.6. The number of carbonyl (C=O) groups excluding carboxylic acids is 1. The number of hydrogen-bond donors (Lipinski definition) is 1. The molecule has 1 N–H and O–H groups in total. The zero-order chi connectivity index (χ0) is 17.7. The molecule has 132 valence electrons. The molecule has 1 aromatic carbocycles. The van der Waals surface area contributed by atoms with Crippen LogP contribution in [0.25, 0.3) is 10.9 Å². The number of fused-ring (bicyclic) bond motifs is 1. The minimum absolute atomic E-state index is 0.0430. The predicted molar refractivity (Wildman–Crippen MR) is 101 cm³/mol. The van der Waals surface area contributed by atoms with E-state index in [9.17, 15) is 4.79 Å². The summed E-state index contributed by atoms with van der Waals surface area (Å²) in [4.78, 5) is 20.5. The summed E-state index contributed by atoms with van der Waals surface area (Å²) >= 11 is 0. The molecule has 7 nitrogen and oxygen atoms in total. The Morgan fingerprint density at radius 1 is 1.23 bits per heavy atom. The fourth-order valence-electron chi connectivity index (χ4n) is 3.75. The van der Waals surface area contributed by atoms with Gasteiger partial charge >= 0.3 is 6.03 Å². The monoisotopic (exact) mass is 348 g/mol. The molecule has 2 aromatic heterocycles. The van der Waals surface area contributed by atoms with E-state index < -0.39 is 0 Å². The van der Waals surface area contributed by atoms with Crippen LogP contribution in [-0.2, 0) is 0 Å². The summed E-state index contributed by atoms with van der Waals surface area (Å²) in [7, 11) is 0. The van der Waals surface area contributed by atoms with Crippen molar-refractivity contribution in [3.05, 3.63) is 48.4 Å². The van der Waals surface area contributed by atoms with Gasteiger partial charge in [-0.05, 0) is 19.1 Å². The van der Waals surface area contributed by atoms with Crippen LogP contribution in [-0.4, -0.2) is 47.0 Å². The maximum Gasteiger partial charge on any atom is 0.322 e. The van der Waals surface area contributed by atoms with Gasteiger partial charge < -0.3 is 10.2 Å². The Kier molecular flexibility index (Phi) is 3.34. The van der Waals surface area contributed by atoms with Crippen molar-refractivity contribution in [2.75, 3.05) is 36.0 Å². The smallest absolute Gasteiger partial charge is 0.322 e. The Hall–Kier alpha value is -3.09. The molecule has 7 heteroatoms. The first-order valence-electron chi connectivity index (χ1n) is 8.90. The molecule has 2 fully saturated rings. The van der Waals surface area contributed by atoms with E-state index in [4.69, 9.17) is 0 Å². The van der Waals surface area contributed by atoms with Gasteiger partial charge in [0.25, 0.3) is 0 Å². The highest BCUT2D eigenvalue weighted by molar-refractivity contribution is 5.94. The van der Waals surface area contributed by atoms with Crippen LogP contribution < -0.4 is 15.1 Å². The fraction of sp³-hybridized carbons (Fsp3) is 0.316. The normalized spacial score (nSPS) is 17.7. The van der Waals surface area contributed by atoms with E-state index >= 15 is 0 Å². The number of nitrogens with one attached hydrogen (secondary N) is 1. The molecule has 2 aliphatic rings. The first-order chi connectivity index (χ1) is 12.7.